The van der Waals surface area contributed by atoms with Gasteiger partial charge < -0.3 is 9.47 Å². The summed E-state index contributed by atoms with van der Waals surface area (Å²) in [6.07, 6.45) is 2.10. The second kappa shape index (κ2) is 9.06. The van der Waals surface area contributed by atoms with Crippen LogP contribution in [0.2, 0.25) is 0 Å². The average molecular weight is 412 g/mol. The normalized spacial score (nSPS) is 21.8. The van der Waals surface area contributed by atoms with Crippen molar-refractivity contribution in [3.63, 3.8) is 0 Å². The molecule has 0 unspecified atom stereocenters. The molecule has 0 spiro atoms. The van der Waals surface area contributed by atoms with Crippen molar-refractivity contribution >= 4 is 16.9 Å². The lowest BCUT2D eigenvalue weighted by molar-refractivity contribution is -0.139. The Morgan fingerprint density at radius 2 is 1.77 bits per heavy atom. The van der Waals surface area contributed by atoms with Gasteiger partial charge in [-0.2, -0.15) is 0 Å². The summed E-state index contributed by atoms with van der Waals surface area (Å²) in [4.78, 5) is 25.2. The van der Waals surface area contributed by atoms with Gasteiger partial charge in [0.2, 0.25) is 5.91 Å². The maximum absolute atomic E-state index is 13.2. The molecule has 1 atom stereocenters. The monoisotopic (exact) mass is 411 g/mol. The van der Waals surface area contributed by atoms with E-state index in [0.29, 0.717) is 18.0 Å². The maximum atomic E-state index is 13.2. The van der Waals surface area contributed by atoms with Gasteiger partial charge in [0.15, 0.2) is 0 Å². The highest BCUT2D eigenvalue weighted by Crippen LogP contribution is 2.25. The SMILES string of the molecule is CC(C)N1CCN(C(=O)[C@@H]2CCCN(Cc3nc4ccccc4n3C(C)C)C2)CC1. The summed E-state index contributed by atoms with van der Waals surface area (Å²) in [7, 11) is 0. The van der Waals surface area contributed by atoms with Crippen LogP contribution >= 0.6 is 0 Å². The molecule has 164 valence electrons. The van der Waals surface area contributed by atoms with E-state index in [1.165, 1.54) is 5.52 Å². The molecule has 6 heteroatoms. The molecule has 2 saturated heterocycles. The molecule has 0 aliphatic carbocycles. The van der Waals surface area contributed by atoms with E-state index in [0.717, 1.165) is 70.0 Å². The van der Waals surface area contributed by atoms with Gasteiger partial charge in [0.1, 0.15) is 5.82 Å². The van der Waals surface area contributed by atoms with Gasteiger partial charge >= 0.3 is 0 Å². The molecule has 2 aliphatic rings. The number of para-hydroxylation sites is 2. The van der Waals surface area contributed by atoms with Gasteiger partial charge in [0, 0.05) is 44.8 Å². The van der Waals surface area contributed by atoms with Crippen LogP contribution in [-0.4, -0.2) is 75.5 Å². The molecule has 0 N–H and O–H groups in total. The Morgan fingerprint density at radius 1 is 1.03 bits per heavy atom. The lowest BCUT2D eigenvalue weighted by Gasteiger charge is -2.40. The summed E-state index contributed by atoms with van der Waals surface area (Å²) in [5.41, 5.74) is 2.27. The van der Waals surface area contributed by atoms with Gasteiger partial charge in [-0.15, -0.1) is 0 Å². The molecule has 2 aromatic rings. The van der Waals surface area contributed by atoms with E-state index in [9.17, 15) is 4.79 Å². The fourth-order valence-corrected chi connectivity index (χ4v) is 5.10. The van der Waals surface area contributed by atoms with Crippen LogP contribution in [0.1, 0.15) is 52.4 Å². The number of piperazine rings is 1. The molecule has 1 aromatic heterocycles. The van der Waals surface area contributed by atoms with Crippen LogP contribution < -0.4 is 0 Å². The minimum Gasteiger partial charge on any atom is -0.340 e. The van der Waals surface area contributed by atoms with Crippen LogP contribution in [0.3, 0.4) is 0 Å². The number of aromatic nitrogens is 2. The summed E-state index contributed by atoms with van der Waals surface area (Å²) in [6.45, 7) is 15.4. The Morgan fingerprint density at radius 3 is 2.47 bits per heavy atom. The smallest absolute Gasteiger partial charge is 0.227 e. The molecule has 6 nitrogen and oxygen atoms in total. The molecule has 4 rings (SSSR count). The van der Waals surface area contributed by atoms with Gasteiger partial charge in [-0.25, -0.2) is 4.98 Å². The fourth-order valence-electron chi connectivity index (χ4n) is 5.10. The van der Waals surface area contributed by atoms with E-state index in [4.69, 9.17) is 4.98 Å². The van der Waals surface area contributed by atoms with Crippen molar-refractivity contribution in [2.24, 2.45) is 5.92 Å². The van der Waals surface area contributed by atoms with Crippen molar-refractivity contribution < 1.29 is 4.79 Å². The van der Waals surface area contributed by atoms with Crippen molar-refractivity contribution in [1.29, 1.82) is 0 Å². The number of amides is 1. The number of hydrogen-bond acceptors (Lipinski definition) is 4. The molecule has 3 heterocycles. The first-order valence-corrected chi connectivity index (χ1v) is 11.6. The molecule has 2 fully saturated rings. The Labute approximate surface area is 180 Å². The lowest BCUT2D eigenvalue weighted by atomic mass is 9.96. The second-order valence-electron chi connectivity index (χ2n) is 9.51. The standard InChI is InChI=1S/C24H37N5O/c1-18(2)27-12-14-28(15-13-27)24(30)20-8-7-11-26(16-20)17-23-25-21-9-5-6-10-22(21)29(23)19(3)4/h5-6,9-10,18-20H,7-8,11-17H2,1-4H3/t20-/m1/s1. The fraction of sp³-hybridized carbons (Fsp3) is 0.667. The summed E-state index contributed by atoms with van der Waals surface area (Å²) in [5.74, 6) is 1.60. The van der Waals surface area contributed by atoms with Gasteiger partial charge in [-0.3, -0.25) is 14.6 Å². The Hall–Kier alpha value is -1.92. The number of nitrogens with zero attached hydrogens (tertiary/aromatic N) is 5. The molecule has 0 radical (unpaired) electrons. The zero-order valence-corrected chi connectivity index (χ0v) is 19.0. The molecule has 2 aliphatic heterocycles. The van der Waals surface area contributed by atoms with E-state index < -0.39 is 0 Å². The molecule has 30 heavy (non-hydrogen) atoms. The lowest BCUT2D eigenvalue weighted by Crippen LogP contribution is -2.53. The van der Waals surface area contributed by atoms with Gasteiger partial charge in [-0.1, -0.05) is 12.1 Å². The van der Waals surface area contributed by atoms with Crippen molar-refractivity contribution in [1.82, 2.24) is 24.3 Å². The van der Waals surface area contributed by atoms with E-state index in [2.05, 4.69) is 71.2 Å². The van der Waals surface area contributed by atoms with Crippen molar-refractivity contribution in [2.75, 3.05) is 39.3 Å². The summed E-state index contributed by atoms with van der Waals surface area (Å²) >= 11 is 0. The quantitative estimate of drug-likeness (QED) is 0.757. The first kappa shape index (κ1) is 21.3. The number of likely N-dealkylation sites (tertiary alicyclic amines) is 1. The number of piperidine rings is 1. The Balaban J connectivity index is 1.42. The Bertz CT molecular complexity index is 866. The zero-order valence-electron chi connectivity index (χ0n) is 19.0. The molecule has 1 aromatic carbocycles. The minimum atomic E-state index is 0.126. The van der Waals surface area contributed by atoms with Gasteiger partial charge in [0.05, 0.1) is 23.5 Å². The van der Waals surface area contributed by atoms with E-state index in [1.807, 2.05) is 0 Å². The summed E-state index contributed by atoms with van der Waals surface area (Å²) in [5, 5.41) is 0. The van der Waals surface area contributed by atoms with Gasteiger partial charge in [0.25, 0.3) is 0 Å². The second-order valence-corrected chi connectivity index (χ2v) is 9.51. The summed E-state index contributed by atoms with van der Waals surface area (Å²) in [6, 6.07) is 9.32. The topological polar surface area (TPSA) is 44.6 Å². The average Bonchev–Trinajstić information content (AvgIpc) is 3.11. The molecular formula is C24H37N5O. The van der Waals surface area contributed by atoms with Crippen molar-refractivity contribution in [3.8, 4) is 0 Å². The van der Waals surface area contributed by atoms with E-state index in [1.54, 1.807) is 0 Å². The largest absolute Gasteiger partial charge is 0.340 e. The first-order valence-electron chi connectivity index (χ1n) is 11.6. The third-order valence-electron chi connectivity index (χ3n) is 6.76. The number of carbonyl (C=O) groups is 1. The predicted octanol–water partition coefficient (Wildman–Crippen LogP) is 3.38. The number of benzene rings is 1. The van der Waals surface area contributed by atoms with Gasteiger partial charge in [-0.05, 0) is 59.2 Å². The minimum absolute atomic E-state index is 0.126. The molecule has 1 amide bonds. The van der Waals surface area contributed by atoms with E-state index >= 15 is 0 Å². The number of fused-ring (bicyclic) bond motifs is 1. The van der Waals surface area contributed by atoms with Crippen LogP contribution in [0.25, 0.3) is 11.0 Å². The maximum Gasteiger partial charge on any atom is 0.227 e. The number of imidazole rings is 1. The summed E-state index contributed by atoms with van der Waals surface area (Å²) < 4.78 is 2.35. The van der Waals surface area contributed by atoms with Crippen LogP contribution in [0.4, 0.5) is 0 Å². The number of hydrogen-bond donors (Lipinski definition) is 0. The van der Waals surface area contributed by atoms with Crippen molar-refractivity contribution in [3.05, 3.63) is 30.1 Å². The predicted molar refractivity (Wildman–Crippen MR) is 121 cm³/mol. The molecule has 0 bridgehead atoms. The number of rotatable bonds is 5. The molecular weight excluding hydrogens is 374 g/mol. The highest BCUT2D eigenvalue weighted by Gasteiger charge is 2.32. The van der Waals surface area contributed by atoms with Crippen LogP contribution in [0.5, 0.6) is 0 Å². The first-order chi connectivity index (χ1) is 14.4. The van der Waals surface area contributed by atoms with Crippen LogP contribution in [0.15, 0.2) is 24.3 Å². The Kier molecular flexibility index (Phi) is 6.44. The third-order valence-corrected chi connectivity index (χ3v) is 6.76. The number of carbonyl (C=O) groups excluding carboxylic acids is 1. The van der Waals surface area contributed by atoms with E-state index in [-0.39, 0.29) is 5.92 Å². The highest BCUT2D eigenvalue weighted by atomic mass is 16.2. The van der Waals surface area contributed by atoms with Crippen LogP contribution in [-0.2, 0) is 11.3 Å². The van der Waals surface area contributed by atoms with Crippen molar-refractivity contribution in [2.45, 2.75) is 59.2 Å². The highest BCUT2D eigenvalue weighted by molar-refractivity contribution is 5.79. The van der Waals surface area contributed by atoms with Crippen LogP contribution in [0, 0.1) is 5.92 Å². The molecule has 0 saturated carbocycles. The zero-order chi connectivity index (χ0) is 21.3. The third kappa shape index (κ3) is 4.40.